The van der Waals surface area contributed by atoms with Crippen molar-refractivity contribution in [2.75, 3.05) is 0 Å². The molecule has 0 saturated carbocycles. The predicted octanol–water partition coefficient (Wildman–Crippen LogP) is 4.29. The number of nitrogens with zero attached hydrogens (tertiary/aromatic N) is 2. The van der Waals surface area contributed by atoms with Gasteiger partial charge in [0.1, 0.15) is 5.82 Å². The Hall–Kier alpha value is -2.01. The van der Waals surface area contributed by atoms with Crippen LogP contribution in [0.3, 0.4) is 0 Å². The van der Waals surface area contributed by atoms with E-state index in [0.717, 1.165) is 21.3 Å². The quantitative estimate of drug-likeness (QED) is 0.786. The molecular weight excluding hydrogens is 347 g/mol. The van der Waals surface area contributed by atoms with Gasteiger partial charge in [-0.3, -0.25) is 4.79 Å². The second kappa shape index (κ2) is 6.01. The SMILES string of the molecule is CC(=O)N1N=C(c2cccc(Br)c2)CC1c1cccc(F)c1. The van der Waals surface area contributed by atoms with Crippen molar-refractivity contribution in [1.82, 2.24) is 5.01 Å². The van der Waals surface area contributed by atoms with Crippen LogP contribution in [-0.2, 0) is 4.79 Å². The molecule has 0 radical (unpaired) electrons. The first-order valence-electron chi connectivity index (χ1n) is 6.93. The molecule has 3 nitrogen and oxygen atoms in total. The summed E-state index contributed by atoms with van der Waals surface area (Å²) in [5.74, 6) is -0.462. The Kier molecular flexibility index (Phi) is 4.07. The van der Waals surface area contributed by atoms with E-state index in [4.69, 9.17) is 0 Å². The first-order chi connectivity index (χ1) is 10.5. The van der Waals surface area contributed by atoms with Gasteiger partial charge in [0.15, 0.2) is 0 Å². The molecule has 1 atom stereocenters. The lowest BCUT2D eigenvalue weighted by Gasteiger charge is -2.20. The summed E-state index contributed by atoms with van der Waals surface area (Å²) in [6.45, 7) is 1.47. The summed E-state index contributed by atoms with van der Waals surface area (Å²) in [4.78, 5) is 11.9. The molecule has 3 rings (SSSR count). The van der Waals surface area contributed by atoms with Gasteiger partial charge in [-0.05, 0) is 35.4 Å². The highest BCUT2D eigenvalue weighted by Gasteiger charge is 2.31. The van der Waals surface area contributed by atoms with Crippen molar-refractivity contribution < 1.29 is 9.18 Å². The van der Waals surface area contributed by atoms with Crippen molar-refractivity contribution in [3.8, 4) is 0 Å². The number of carbonyl (C=O) groups excluding carboxylic acids is 1. The third kappa shape index (κ3) is 2.95. The van der Waals surface area contributed by atoms with Gasteiger partial charge >= 0.3 is 0 Å². The van der Waals surface area contributed by atoms with Crippen LogP contribution in [0.2, 0.25) is 0 Å². The lowest BCUT2D eigenvalue weighted by molar-refractivity contribution is -0.130. The number of hydrogen-bond acceptors (Lipinski definition) is 2. The fourth-order valence-electron chi connectivity index (χ4n) is 2.62. The highest BCUT2D eigenvalue weighted by Crippen LogP contribution is 2.33. The van der Waals surface area contributed by atoms with Gasteiger partial charge in [-0.1, -0.05) is 40.2 Å². The van der Waals surface area contributed by atoms with Gasteiger partial charge in [-0.15, -0.1) is 0 Å². The summed E-state index contributed by atoms with van der Waals surface area (Å²) in [5, 5.41) is 5.88. The van der Waals surface area contributed by atoms with E-state index in [1.165, 1.54) is 24.1 Å². The fourth-order valence-corrected chi connectivity index (χ4v) is 3.02. The second-order valence-corrected chi connectivity index (χ2v) is 6.11. The van der Waals surface area contributed by atoms with Crippen LogP contribution >= 0.6 is 15.9 Å². The van der Waals surface area contributed by atoms with E-state index >= 15 is 0 Å². The maximum Gasteiger partial charge on any atom is 0.240 e. The monoisotopic (exact) mass is 360 g/mol. The van der Waals surface area contributed by atoms with Crippen LogP contribution in [0, 0.1) is 5.82 Å². The Balaban J connectivity index is 1.96. The molecular formula is C17H14BrFN2O. The van der Waals surface area contributed by atoms with Crippen molar-refractivity contribution in [3.05, 3.63) is 69.9 Å². The molecule has 0 fully saturated rings. The molecule has 1 aliphatic rings. The summed E-state index contributed by atoms with van der Waals surface area (Å²) in [7, 11) is 0. The highest BCUT2D eigenvalue weighted by molar-refractivity contribution is 9.10. The van der Waals surface area contributed by atoms with Crippen LogP contribution in [0.1, 0.15) is 30.5 Å². The Bertz CT molecular complexity index is 760. The van der Waals surface area contributed by atoms with Gasteiger partial charge in [0.05, 0.1) is 11.8 Å². The number of hydrazone groups is 1. The minimum atomic E-state index is -0.308. The maximum atomic E-state index is 13.5. The van der Waals surface area contributed by atoms with Gasteiger partial charge in [0.25, 0.3) is 0 Å². The zero-order valence-electron chi connectivity index (χ0n) is 12.0. The van der Waals surface area contributed by atoms with Crippen LogP contribution in [0.15, 0.2) is 58.1 Å². The molecule has 2 aromatic carbocycles. The summed E-state index contributed by atoms with van der Waals surface area (Å²) >= 11 is 3.44. The molecule has 1 unspecified atom stereocenters. The molecule has 0 bridgehead atoms. The fraction of sp³-hybridized carbons (Fsp3) is 0.176. The normalized spacial score (nSPS) is 17.5. The standard InChI is InChI=1S/C17H14BrFN2O/c1-11(22)21-17(13-5-3-7-15(19)9-13)10-16(20-21)12-4-2-6-14(18)8-12/h2-9,17H,10H2,1H3. The Morgan fingerprint density at radius 3 is 2.73 bits per heavy atom. The van der Waals surface area contributed by atoms with Crippen molar-refractivity contribution in [1.29, 1.82) is 0 Å². The lowest BCUT2D eigenvalue weighted by atomic mass is 9.98. The molecule has 0 N–H and O–H groups in total. The average molecular weight is 361 g/mol. The van der Waals surface area contributed by atoms with Crippen molar-refractivity contribution in [2.24, 2.45) is 5.10 Å². The molecule has 0 saturated heterocycles. The minimum Gasteiger partial charge on any atom is -0.273 e. The zero-order chi connectivity index (χ0) is 15.7. The minimum absolute atomic E-state index is 0.153. The van der Waals surface area contributed by atoms with Crippen LogP contribution in [-0.4, -0.2) is 16.6 Å². The van der Waals surface area contributed by atoms with Crippen molar-refractivity contribution in [3.63, 3.8) is 0 Å². The zero-order valence-corrected chi connectivity index (χ0v) is 13.5. The molecule has 0 aromatic heterocycles. The van der Waals surface area contributed by atoms with Crippen LogP contribution in [0.5, 0.6) is 0 Å². The van der Waals surface area contributed by atoms with Gasteiger partial charge in [-0.2, -0.15) is 5.10 Å². The van der Waals surface area contributed by atoms with Gasteiger partial charge < -0.3 is 0 Å². The lowest BCUT2D eigenvalue weighted by Crippen LogP contribution is -2.24. The molecule has 1 aliphatic heterocycles. The molecule has 2 aromatic rings. The van der Waals surface area contributed by atoms with Crippen LogP contribution < -0.4 is 0 Å². The Morgan fingerprint density at radius 2 is 2.05 bits per heavy atom. The smallest absolute Gasteiger partial charge is 0.240 e. The third-order valence-corrected chi connectivity index (χ3v) is 4.12. The van der Waals surface area contributed by atoms with Crippen molar-refractivity contribution in [2.45, 2.75) is 19.4 Å². The number of benzene rings is 2. The molecule has 5 heteroatoms. The maximum absolute atomic E-state index is 13.5. The Morgan fingerprint density at radius 1 is 1.27 bits per heavy atom. The number of rotatable bonds is 2. The molecule has 0 spiro atoms. The number of amides is 1. The first-order valence-corrected chi connectivity index (χ1v) is 7.72. The molecule has 22 heavy (non-hydrogen) atoms. The summed E-state index contributed by atoms with van der Waals surface area (Å²) in [6, 6.07) is 13.8. The molecule has 1 amide bonds. The summed E-state index contributed by atoms with van der Waals surface area (Å²) < 4.78 is 14.4. The molecule has 112 valence electrons. The number of halogens is 2. The topological polar surface area (TPSA) is 32.7 Å². The van der Waals surface area contributed by atoms with E-state index in [-0.39, 0.29) is 17.8 Å². The summed E-state index contributed by atoms with van der Waals surface area (Å²) in [6.07, 6.45) is 0.569. The number of hydrogen-bond donors (Lipinski definition) is 0. The van der Waals surface area contributed by atoms with Gasteiger partial charge in [-0.25, -0.2) is 9.40 Å². The predicted molar refractivity (Wildman–Crippen MR) is 87.0 cm³/mol. The van der Waals surface area contributed by atoms with Crippen molar-refractivity contribution >= 4 is 27.5 Å². The van der Waals surface area contributed by atoms with Crippen LogP contribution in [0.4, 0.5) is 4.39 Å². The largest absolute Gasteiger partial charge is 0.273 e. The van der Waals surface area contributed by atoms with Gasteiger partial charge in [0, 0.05) is 17.8 Å². The third-order valence-electron chi connectivity index (χ3n) is 3.62. The van der Waals surface area contributed by atoms with E-state index in [0.29, 0.717) is 6.42 Å². The number of carbonyl (C=O) groups is 1. The van der Waals surface area contributed by atoms with E-state index in [2.05, 4.69) is 21.0 Å². The first kappa shape index (κ1) is 14.9. The summed E-state index contributed by atoms with van der Waals surface area (Å²) in [5.41, 5.74) is 2.54. The van der Waals surface area contributed by atoms with Gasteiger partial charge in [0.2, 0.25) is 5.91 Å². The van der Waals surface area contributed by atoms with Crippen LogP contribution in [0.25, 0.3) is 0 Å². The van der Waals surface area contributed by atoms with E-state index in [1.807, 2.05) is 30.3 Å². The second-order valence-electron chi connectivity index (χ2n) is 5.20. The Labute approximate surface area is 136 Å². The molecule has 0 aliphatic carbocycles. The van der Waals surface area contributed by atoms with E-state index in [1.54, 1.807) is 6.07 Å². The average Bonchev–Trinajstić information content (AvgIpc) is 2.92. The highest BCUT2D eigenvalue weighted by atomic mass is 79.9. The van der Waals surface area contributed by atoms with E-state index in [9.17, 15) is 9.18 Å². The molecule has 1 heterocycles. The van der Waals surface area contributed by atoms with E-state index < -0.39 is 0 Å².